The third-order valence-corrected chi connectivity index (χ3v) is 11.6. The van der Waals surface area contributed by atoms with Crippen LogP contribution in [-0.4, -0.2) is 30.2 Å². The molecule has 3 amide bonds. The molecule has 2 aliphatic rings. The predicted molar refractivity (Wildman–Crippen MR) is 161 cm³/mol. The fraction of sp³-hybridized carbons (Fsp3) is 0.214. The number of anilines is 2. The van der Waals surface area contributed by atoms with Gasteiger partial charge in [0.25, 0.3) is 11.8 Å². The molecule has 2 heterocycles. The molecule has 0 aliphatic carbocycles. The lowest BCUT2D eigenvalue weighted by atomic mass is 10.1. The molecule has 7 nitrogen and oxygen atoms in total. The van der Waals surface area contributed by atoms with Crippen molar-refractivity contribution in [2.45, 2.75) is 26.7 Å². The first-order valence-electron chi connectivity index (χ1n) is 12.0. The Morgan fingerprint density at radius 3 is 2.10 bits per heavy atom. The minimum absolute atomic E-state index is 0.0673. The molecule has 11 heteroatoms. The van der Waals surface area contributed by atoms with Crippen LogP contribution in [-0.2, 0) is 16.0 Å². The largest absolute Gasteiger partial charge is 0.426 e. The Balaban J connectivity index is 1.35. The highest BCUT2D eigenvalue weighted by Crippen LogP contribution is 2.46. The average molecular weight is 784 g/mol. The molecule has 2 aliphatic heterocycles. The van der Waals surface area contributed by atoms with Crippen molar-refractivity contribution in [3.8, 4) is 5.75 Å². The van der Waals surface area contributed by atoms with E-state index in [0.717, 1.165) is 22.6 Å². The number of amides is 3. The number of esters is 1. The highest BCUT2D eigenvalue weighted by molar-refractivity contribution is 9.15. The quantitative estimate of drug-likeness (QED) is 0.0888. The predicted octanol–water partition coefficient (Wildman–Crippen LogP) is 7.37. The van der Waals surface area contributed by atoms with Crippen LogP contribution < -0.4 is 14.5 Å². The second kappa shape index (κ2) is 10.9. The number of ether oxygens (including phenoxy) is 1. The highest BCUT2D eigenvalue weighted by Gasteiger charge is 2.42. The molecule has 39 heavy (non-hydrogen) atoms. The van der Waals surface area contributed by atoms with Crippen LogP contribution in [0, 0.1) is 12.8 Å². The Morgan fingerprint density at radius 1 is 0.897 bits per heavy atom. The number of carbonyl (C=O) groups is 4. The van der Waals surface area contributed by atoms with Crippen LogP contribution >= 0.6 is 63.7 Å². The van der Waals surface area contributed by atoms with Crippen molar-refractivity contribution >= 4 is 98.8 Å². The van der Waals surface area contributed by atoms with Crippen LogP contribution in [0.25, 0.3) is 0 Å². The smallest absolute Gasteiger partial charge is 0.316 e. The van der Waals surface area contributed by atoms with E-state index in [1.807, 2.05) is 31.2 Å². The Labute approximate surface area is 258 Å². The maximum Gasteiger partial charge on any atom is 0.316 e. The summed E-state index contributed by atoms with van der Waals surface area (Å²) in [5.74, 6) is -1.90. The van der Waals surface area contributed by atoms with Gasteiger partial charge in [-0.15, -0.1) is 0 Å². The van der Waals surface area contributed by atoms with Gasteiger partial charge in [0.2, 0.25) is 5.91 Å². The number of fused-ring (bicyclic) bond motifs is 1. The normalized spacial score (nSPS) is 16.8. The highest BCUT2D eigenvalue weighted by atomic mass is 79.9. The van der Waals surface area contributed by atoms with E-state index in [9.17, 15) is 19.2 Å². The zero-order valence-electron chi connectivity index (χ0n) is 20.7. The molecular formula is C28H20Br4N2O5. The first-order valence-corrected chi connectivity index (χ1v) is 15.2. The van der Waals surface area contributed by atoms with Gasteiger partial charge in [0, 0.05) is 36.5 Å². The zero-order valence-corrected chi connectivity index (χ0v) is 27.0. The fourth-order valence-electron chi connectivity index (χ4n) is 4.88. The van der Waals surface area contributed by atoms with Crippen LogP contribution in [0.5, 0.6) is 5.75 Å². The van der Waals surface area contributed by atoms with Crippen molar-refractivity contribution in [3.05, 3.63) is 82.6 Å². The van der Waals surface area contributed by atoms with Crippen LogP contribution in [0.15, 0.2) is 60.4 Å². The van der Waals surface area contributed by atoms with Gasteiger partial charge in [-0.1, -0.05) is 25.1 Å². The van der Waals surface area contributed by atoms with Gasteiger partial charge < -0.3 is 9.64 Å². The summed E-state index contributed by atoms with van der Waals surface area (Å²) < 4.78 is 7.80. The molecule has 0 spiro atoms. The Morgan fingerprint density at radius 2 is 1.51 bits per heavy atom. The molecule has 200 valence electrons. The SMILES string of the molecule is CCc1ccccc1N1C[C@@H](C(=O)Oc2ccc(N3C(=O)c4c(Br)c(Br)c(Br)c(Br)c4C3=O)c(C)c2)CC1=O. The van der Waals surface area contributed by atoms with Gasteiger partial charge in [-0.05, 0) is 112 Å². The van der Waals surface area contributed by atoms with Crippen molar-refractivity contribution in [1.29, 1.82) is 0 Å². The summed E-state index contributed by atoms with van der Waals surface area (Å²) in [5, 5.41) is 0. The van der Waals surface area contributed by atoms with Gasteiger partial charge >= 0.3 is 5.97 Å². The van der Waals surface area contributed by atoms with E-state index in [4.69, 9.17) is 4.74 Å². The summed E-state index contributed by atoms with van der Waals surface area (Å²) >= 11 is 13.7. The molecule has 3 aromatic carbocycles. The maximum absolute atomic E-state index is 13.4. The number of halogens is 4. The molecule has 3 aromatic rings. The number of para-hydroxylation sites is 1. The van der Waals surface area contributed by atoms with E-state index in [1.165, 1.54) is 0 Å². The van der Waals surface area contributed by atoms with Gasteiger partial charge in [0.05, 0.1) is 22.7 Å². The minimum atomic E-state index is -0.606. The summed E-state index contributed by atoms with van der Waals surface area (Å²) in [5.41, 5.74) is 3.30. The molecule has 0 N–H and O–H groups in total. The van der Waals surface area contributed by atoms with E-state index in [-0.39, 0.29) is 35.7 Å². The zero-order chi connectivity index (χ0) is 28.2. The third-order valence-electron chi connectivity index (χ3n) is 6.85. The Bertz CT molecular complexity index is 1540. The lowest BCUT2D eigenvalue weighted by Gasteiger charge is -2.20. The Kier molecular flexibility index (Phi) is 7.89. The standard InChI is InChI=1S/C28H20Br4N2O5/c1-3-14-6-4-5-7-18(14)33-12-15(11-19(33)35)28(38)39-16-8-9-17(13(2)10-16)34-26(36)20-21(27(34)37)23(30)25(32)24(31)22(20)29/h4-10,15H,3,11-12H2,1-2H3/t15-/m0/s1. The van der Waals surface area contributed by atoms with Gasteiger partial charge in [-0.3, -0.25) is 19.2 Å². The number of hydrogen-bond donors (Lipinski definition) is 0. The van der Waals surface area contributed by atoms with E-state index in [2.05, 4.69) is 63.7 Å². The summed E-state index contributed by atoms with van der Waals surface area (Å²) in [7, 11) is 0. The second-order valence-electron chi connectivity index (χ2n) is 9.21. The van der Waals surface area contributed by atoms with Crippen molar-refractivity contribution in [1.82, 2.24) is 0 Å². The first kappa shape index (κ1) is 28.2. The fourth-order valence-corrected chi connectivity index (χ4v) is 7.34. The number of nitrogens with zero attached hydrogens (tertiary/aromatic N) is 2. The second-order valence-corrected chi connectivity index (χ2v) is 12.4. The maximum atomic E-state index is 13.4. The first-order chi connectivity index (χ1) is 18.5. The van der Waals surface area contributed by atoms with Crippen LogP contribution in [0.1, 0.15) is 45.2 Å². The van der Waals surface area contributed by atoms with Gasteiger partial charge in [0.15, 0.2) is 0 Å². The monoisotopic (exact) mass is 780 g/mol. The molecular weight excluding hydrogens is 764 g/mol. The summed E-state index contributed by atoms with van der Waals surface area (Å²) in [6.07, 6.45) is 0.841. The van der Waals surface area contributed by atoms with E-state index >= 15 is 0 Å². The Hall–Kier alpha value is -2.34. The van der Waals surface area contributed by atoms with Gasteiger partial charge in [0.1, 0.15) is 5.75 Å². The van der Waals surface area contributed by atoms with E-state index in [1.54, 1.807) is 30.0 Å². The minimum Gasteiger partial charge on any atom is -0.426 e. The molecule has 1 fully saturated rings. The van der Waals surface area contributed by atoms with E-state index < -0.39 is 23.7 Å². The van der Waals surface area contributed by atoms with Crippen molar-refractivity contribution in [3.63, 3.8) is 0 Å². The number of hydrogen-bond acceptors (Lipinski definition) is 5. The lowest BCUT2D eigenvalue weighted by molar-refractivity contribution is -0.139. The van der Waals surface area contributed by atoms with Crippen molar-refractivity contribution in [2.24, 2.45) is 5.92 Å². The van der Waals surface area contributed by atoms with Crippen LogP contribution in [0.2, 0.25) is 0 Å². The van der Waals surface area contributed by atoms with Crippen LogP contribution in [0.3, 0.4) is 0 Å². The molecule has 0 saturated carbocycles. The van der Waals surface area contributed by atoms with Gasteiger partial charge in [-0.25, -0.2) is 4.90 Å². The summed E-state index contributed by atoms with van der Waals surface area (Å²) in [4.78, 5) is 55.2. The summed E-state index contributed by atoms with van der Waals surface area (Å²) in [6.45, 7) is 4.00. The molecule has 0 radical (unpaired) electrons. The molecule has 0 aromatic heterocycles. The van der Waals surface area contributed by atoms with Crippen LogP contribution in [0.4, 0.5) is 11.4 Å². The number of aryl methyl sites for hydroxylation is 2. The third kappa shape index (κ3) is 4.81. The lowest BCUT2D eigenvalue weighted by Crippen LogP contribution is -2.30. The molecule has 1 atom stereocenters. The molecule has 1 saturated heterocycles. The van der Waals surface area contributed by atoms with Gasteiger partial charge in [-0.2, -0.15) is 0 Å². The number of carbonyl (C=O) groups excluding carboxylic acids is 4. The van der Waals surface area contributed by atoms with Crippen molar-refractivity contribution in [2.75, 3.05) is 16.3 Å². The number of rotatable bonds is 5. The molecule has 5 rings (SSSR count). The average Bonchev–Trinajstić information content (AvgIpc) is 3.43. The topological polar surface area (TPSA) is 84.0 Å². The van der Waals surface area contributed by atoms with Crippen molar-refractivity contribution < 1.29 is 23.9 Å². The summed E-state index contributed by atoms with van der Waals surface area (Å²) in [6, 6.07) is 12.4. The molecule has 0 unspecified atom stereocenters. The molecule has 0 bridgehead atoms. The number of benzene rings is 3. The number of imide groups is 1. The van der Waals surface area contributed by atoms with E-state index in [0.29, 0.717) is 29.1 Å².